The summed E-state index contributed by atoms with van der Waals surface area (Å²) in [5.74, 6) is 0.0539. The Labute approximate surface area is 202 Å². The third kappa shape index (κ3) is 7.17. The van der Waals surface area contributed by atoms with E-state index in [0.717, 1.165) is 55.4 Å². The molecule has 0 saturated carbocycles. The van der Waals surface area contributed by atoms with Crippen molar-refractivity contribution in [1.29, 1.82) is 0 Å². The minimum absolute atomic E-state index is 0. The van der Waals surface area contributed by atoms with Gasteiger partial charge in [0.1, 0.15) is 5.69 Å². The van der Waals surface area contributed by atoms with Gasteiger partial charge in [-0.1, -0.05) is 6.07 Å². The number of aromatic nitrogens is 1. The van der Waals surface area contributed by atoms with Crippen LogP contribution >= 0.6 is 36.2 Å². The summed E-state index contributed by atoms with van der Waals surface area (Å²) in [6.45, 7) is 10.6. The zero-order chi connectivity index (χ0) is 21.0. The molecular weight excluding hydrogens is 453 g/mol. The lowest BCUT2D eigenvalue weighted by Gasteiger charge is -2.31. The van der Waals surface area contributed by atoms with Crippen LogP contribution in [0.5, 0.6) is 0 Å². The van der Waals surface area contributed by atoms with Gasteiger partial charge in [-0.05, 0) is 50.6 Å². The van der Waals surface area contributed by atoms with Crippen LogP contribution in [-0.2, 0) is 6.42 Å². The van der Waals surface area contributed by atoms with Crippen LogP contribution in [0.1, 0.15) is 39.1 Å². The number of aliphatic imine (C=N–C) groups is 1. The van der Waals surface area contributed by atoms with E-state index in [4.69, 9.17) is 0 Å². The predicted octanol–water partition coefficient (Wildman–Crippen LogP) is 4.19. The van der Waals surface area contributed by atoms with Gasteiger partial charge in [0.05, 0.1) is 17.0 Å². The van der Waals surface area contributed by atoms with Crippen LogP contribution in [-0.4, -0.2) is 78.7 Å². The Balaban J connectivity index is 0.00000240. The molecule has 31 heavy (non-hydrogen) atoms. The number of likely N-dealkylation sites (N-methyl/N-ethyl adjacent to an activating group) is 1. The van der Waals surface area contributed by atoms with Gasteiger partial charge in [0.2, 0.25) is 0 Å². The average molecular weight is 487 g/mol. The highest BCUT2D eigenvalue weighted by molar-refractivity contribution is 7.09. The van der Waals surface area contributed by atoms with Gasteiger partial charge in [-0.3, -0.25) is 4.79 Å². The third-order valence-electron chi connectivity index (χ3n) is 5.45. The fourth-order valence-electron chi connectivity index (χ4n) is 3.26. The fraction of sp³-hybridized carbons (Fsp3) is 0.500. The quantitative estimate of drug-likeness (QED) is 0.454. The lowest BCUT2D eigenvalue weighted by atomic mass is 10.0. The summed E-state index contributed by atoms with van der Waals surface area (Å²) in [6.07, 6.45) is 2.62. The fourth-order valence-corrected chi connectivity index (χ4v) is 4.05. The highest BCUT2D eigenvalue weighted by atomic mass is 35.5. The van der Waals surface area contributed by atoms with Gasteiger partial charge in [0.25, 0.3) is 5.91 Å². The molecule has 1 amide bonds. The molecule has 1 fully saturated rings. The highest BCUT2D eigenvalue weighted by Crippen LogP contribution is 2.26. The summed E-state index contributed by atoms with van der Waals surface area (Å²) < 4.78 is 0. The van der Waals surface area contributed by atoms with Crippen molar-refractivity contribution in [3.8, 4) is 0 Å². The van der Waals surface area contributed by atoms with Crippen LogP contribution in [0.25, 0.3) is 0 Å². The Morgan fingerprint density at radius 3 is 2.52 bits per heavy atom. The maximum atomic E-state index is 12.7. The number of benzene rings is 1. The SMILES string of the molecule is CCN(C)/C=N\c1cc(C)c(Cc2nc(C(=O)N3CCN(C)CC3)cs2)cc1C.Cl.Cl. The lowest BCUT2D eigenvalue weighted by molar-refractivity contribution is 0.0659. The van der Waals surface area contributed by atoms with E-state index in [9.17, 15) is 4.79 Å². The molecule has 1 aromatic heterocycles. The maximum Gasteiger partial charge on any atom is 0.273 e. The largest absolute Gasteiger partial charge is 0.366 e. The first kappa shape index (κ1) is 27.4. The number of halogens is 2. The molecular formula is C22H33Cl2N5OS. The van der Waals surface area contributed by atoms with Crippen molar-refractivity contribution in [2.75, 3.05) is 46.8 Å². The molecule has 1 aliphatic rings. The molecule has 2 aromatic rings. The van der Waals surface area contributed by atoms with Gasteiger partial charge in [-0.15, -0.1) is 36.2 Å². The summed E-state index contributed by atoms with van der Waals surface area (Å²) in [6, 6.07) is 4.33. The van der Waals surface area contributed by atoms with Crippen LogP contribution in [0.15, 0.2) is 22.5 Å². The molecule has 0 radical (unpaired) electrons. The van der Waals surface area contributed by atoms with E-state index in [1.807, 2.05) is 23.7 Å². The first-order valence-electron chi connectivity index (χ1n) is 10.1. The van der Waals surface area contributed by atoms with Gasteiger partial charge >= 0.3 is 0 Å². The van der Waals surface area contributed by atoms with Gasteiger partial charge < -0.3 is 14.7 Å². The van der Waals surface area contributed by atoms with Crippen molar-refractivity contribution < 1.29 is 4.79 Å². The summed E-state index contributed by atoms with van der Waals surface area (Å²) in [5, 5.41) is 2.88. The second kappa shape index (κ2) is 12.4. The van der Waals surface area contributed by atoms with E-state index in [-0.39, 0.29) is 30.7 Å². The number of thiazole rings is 1. The van der Waals surface area contributed by atoms with Crippen molar-refractivity contribution in [3.63, 3.8) is 0 Å². The lowest BCUT2D eigenvalue weighted by Crippen LogP contribution is -2.47. The van der Waals surface area contributed by atoms with Crippen molar-refractivity contribution in [2.24, 2.45) is 4.99 Å². The zero-order valence-corrected chi connectivity index (χ0v) is 21.4. The Morgan fingerprint density at radius 2 is 1.87 bits per heavy atom. The van der Waals surface area contributed by atoms with Gasteiger partial charge in [-0.25, -0.2) is 9.98 Å². The molecule has 0 atom stereocenters. The zero-order valence-electron chi connectivity index (χ0n) is 18.9. The predicted molar refractivity (Wildman–Crippen MR) is 135 cm³/mol. The smallest absolute Gasteiger partial charge is 0.273 e. The van der Waals surface area contributed by atoms with Gasteiger partial charge in [0, 0.05) is 51.6 Å². The molecule has 2 heterocycles. The topological polar surface area (TPSA) is 52.0 Å². The van der Waals surface area contributed by atoms with Crippen molar-refractivity contribution in [2.45, 2.75) is 27.2 Å². The van der Waals surface area contributed by atoms with Crippen LogP contribution in [0.3, 0.4) is 0 Å². The normalized spacial score (nSPS) is 14.3. The minimum atomic E-state index is 0. The van der Waals surface area contributed by atoms with Crippen LogP contribution in [0.4, 0.5) is 5.69 Å². The molecule has 0 aliphatic carbocycles. The molecule has 0 N–H and O–H groups in total. The van der Waals surface area contributed by atoms with Crippen molar-refractivity contribution in [1.82, 2.24) is 19.7 Å². The Kier molecular flexibility index (Phi) is 10.9. The second-order valence-corrected chi connectivity index (χ2v) is 8.72. The Bertz CT molecular complexity index is 894. The number of carbonyl (C=O) groups is 1. The number of hydrogen-bond acceptors (Lipinski definition) is 5. The Morgan fingerprint density at radius 1 is 1.19 bits per heavy atom. The number of carbonyl (C=O) groups excluding carboxylic acids is 1. The standard InChI is InChI=1S/C22H31N5OS.2ClH/c1-6-25(4)15-23-19-12-16(2)18(11-17(19)3)13-21-24-20(14-29-21)22(28)27-9-7-26(5)8-10-27;;/h11-12,14-15H,6-10,13H2,1-5H3;2*1H/b23-15-;;. The summed E-state index contributed by atoms with van der Waals surface area (Å²) in [7, 11) is 4.11. The van der Waals surface area contributed by atoms with Gasteiger partial charge in [-0.2, -0.15) is 0 Å². The molecule has 172 valence electrons. The average Bonchev–Trinajstić information content (AvgIpc) is 3.17. The summed E-state index contributed by atoms with van der Waals surface area (Å²) >= 11 is 1.57. The molecule has 0 bridgehead atoms. The van der Waals surface area contributed by atoms with Crippen molar-refractivity contribution >= 4 is 54.1 Å². The van der Waals surface area contributed by atoms with Crippen LogP contribution in [0, 0.1) is 13.8 Å². The number of amides is 1. The first-order chi connectivity index (χ1) is 13.9. The van der Waals surface area contributed by atoms with Crippen molar-refractivity contribution in [3.05, 3.63) is 44.9 Å². The molecule has 0 unspecified atom stereocenters. The van der Waals surface area contributed by atoms with E-state index >= 15 is 0 Å². The summed E-state index contributed by atoms with van der Waals surface area (Å²) in [4.78, 5) is 28.2. The van der Waals surface area contributed by atoms with Gasteiger partial charge in [0.15, 0.2) is 0 Å². The second-order valence-electron chi connectivity index (χ2n) is 7.78. The molecule has 6 nitrogen and oxygen atoms in total. The molecule has 3 rings (SSSR count). The minimum Gasteiger partial charge on any atom is -0.366 e. The number of rotatable bonds is 6. The Hall–Kier alpha value is -1.67. The molecule has 1 aromatic carbocycles. The first-order valence-corrected chi connectivity index (χ1v) is 11.0. The van der Waals surface area contributed by atoms with E-state index in [2.05, 4.69) is 59.7 Å². The van der Waals surface area contributed by atoms with Crippen LogP contribution < -0.4 is 0 Å². The molecule has 1 aliphatic heterocycles. The summed E-state index contributed by atoms with van der Waals surface area (Å²) in [5.41, 5.74) is 5.16. The number of nitrogens with zero attached hydrogens (tertiary/aromatic N) is 5. The molecule has 9 heteroatoms. The van der Waals surface area contributed by atoms with E-state index in [1.54, 1.807) is 11.3 Å². The molecule has 1 saturated heterocycles. The van der Waals surface area contributed by atoms with E-state index in [1.165, 1.54) is 11.1 Å². The monoisotopic (exact) mass is 485 g/mol. The highest BCUT2D eigenvalue weighted by Gasteiger charge is 2.22. The van der Waals surface area contributed by atoms with E-state index in [0.29, 0.717) is 5.69 Å². The van der Waals surface area contributed by atoms with E-state index < -0.39 is 0 Å². The number of piperazine rings is 1. The van der Waals surface area contributed by atoms with Crippen LogP contribution in [0.2, 0.25) is 0 Å². The number of aryl methyl sites for hydroxylation is 2. The third-order valence-corrected chi connectivity index (χ3v) is 6.30. The molecule has 0 spiro atoms. The maximum absolute atomic E-state index is 12.7. The number of hydrogen-bond donors (Lipinski definition) is 0.